The Morgan fingerprint density at radius 2 is 2.04 bits per heavy atom. The number of nitrogens with zero attached hydrogens (tertiary/aromatic N) is 1. The van der Waals surface area contributed by atoms with Crippen molar-refractivity contribution in [2.45, 2.75) is 38.5 Å². The van der Waals surface area contributed by atoms with Gasteiger partial charge in [-0.3, -0.25) is 4.99 Å². The molecule has 1 aliphatic heterocycles. The second-order valence-electron chi connectivity index (χ2n) is 6.34. The monoisotopic (exact) mass is 387 g/mol. The molecule has 1 fully saturated rings. The van der Waals surface area contributed by atoms with E-state index in [4.69, 9.17) is 9.47 Å². The molecule has 1 unspecified atom stereocenters. The number of ether oxygens (including phenoxy) is 2. The molecule has 27 heavy (non-hydrogen) atoms. The average Bonchev–Trinajstić information content (AvgIpc) is 3.14. The molecule has 0 saturated carbocycles. The van der Waals surface area contributed by atoms with Crippen molar-refractivity contribution < 1.29 is 22.6 Å². The van der Waals surface area contributed by atoms with E-state index in [1.165, 1.54) is 12.1 Å². The van der Waals surface area contributed by atoms with E-state index in [9.17, 15) is 13.2 Å². The van der Waals surface area contributed by atoms with Crippen molar-refractivity contribution in [1.82, 2.24) is 10.6 Å². The normalized spacial score (nSPS) is 17.9. The second kappa shape index (κ2) is 11.1. The van der Waals surface area contributed by atoms with Gasteiger partial charge in [-0.1, -0.05) is 12.1 Å². The van der Waals surface area contributed by atoms with E-state index >= 15 is 0 Å². The Morgan fingerprint density at radius 1 is 1.26 bits per heavy atom. The quantitative estimate of drug-likeness (QED) is 0.389. The highest BCUT2D eigenvalue weighted by Gasteiger charge is 2.29. The molecule has 1 atom stereocenters. The first-order valence-electron chi connectivity index (χ1n) is 9.36. The molecule has 8 heteroatoms. The maximum atomic E-state index is 12.6. The van der Waals surface area contributed by atoms with Gasteiger partial charge in [0.15, 0.2) is 5.96 Å². The lowest BCUT2D eigenvalue weighted by Gasteiger charge is -2.12. The van der Waals surface area contributed by atoms with Gasteiger partial charge in [0.05, 0.1) is 18.3 Å². The number of benzene rings is 1. The molecule has 0 radical (unpaired) electrons. The fourth-order valence-corrected chi connectivity index (χ4v) is 2.68. The van der Waals surface area contributed by atoms with E-state index in [1.54, 1.807) is 0 Å². The summed E-state index contributed by atoms with van der Waals surface area (Å²) in [5.74, 6) is 0.702. The summed E-state index contributed by atoms with van der Waals surface area (Å²) in [4.78, 5) is 4.49. The van der Waals surface area contributed by atoms with Crippen LogP contribution in [0.4, 0.5) is 13.2 Å². The van der Waals surface area contributed by atoms with Gasteiger partial charge in [0.1, 0.15) is 0 Å². The first-order valence-corrected chi connectivity index (χ1v) is 9.36. The van der Waals surface area contributed by atoms with Crippen molar-refractivity contribution >= 4 is 5.96 Å². The van der Waals surface area contributed by atoms with E-state index < -0.39 is 11.7 Å². The lowest BCUT2D eigenvalue weighted by molar-refractivity contribution is -0.137. The minimum absolute atomic E-state index is 0.212. The minimum Gasteiger partial charge on any atom is -0.379 e. The third-order valence-electron chi connectivity index (χ3n) is 4.15. The zero-order chi connectivity index (χ0) is 19.5. The van der Waals surface area contributed by atoms with Crippen molar-refractivity contribution in [2.24, 2.45) is 4.99 Å². The topological polar surface area (TPSA) is 54.9 Å². The number of halogens is 3. The standard InChI is InChI=1S/C19H28F3N3O2/c1-2-23-18(24-10-3-12-27-17-9-13-26-14-17)25-11-8-15-4-6-16(7-5-15)19(20,21)22/h4-7,17H,2-3,8-14H2,1H3,(H2,23,24,25). The molecule has 0 amide bonds. The number of hydrogen-bond acceptors (Lipinski definition) is 3. The summed E-state index contributed by atoms with van der Waals surface area (Å²) in [5.41, 5.74) is 0.221. The van der Waals surface area contributed by atoms with Crippen LogP contribution in [0.2, 0.25) is 0 Å². The Morgan fingerprint density at radius 3 is 2.67 bits per heavy atom. The van der Waals surface area contributed by atoms with Crippen LogP contribution in [0.1, 0.15) is 30.9 Å². The molecule has 2 rings (SSSR count). The van der Waals surface area contributed by atoms with Crippen LogP contribution in [-0.2, 0) is 22.1 Å². The molecule has 2 N–H and O–H groups in total. The highest BCUT2D eigenvalue weighted by Crippen LogP contribution is 2.29. The van der Waals surface area contributed by atoms with Crippen molar-refractivity contribution in [3.63, 3.8) is 0 Å². The van der Waals surface area contributed by atoms with E-state index in [0.717, 1.165) is 43.7 Å². The van der Waals surface area contributed by atoms with Crippen molar-refractivity contribution in [3.8, 4) is 0 Å². The highest BCUT2D eigenvalue weighted by molar-refractivity contribution is 5.79. The largest absolute Gasteiger partial charge is 0.416 e. The Hall–Kier alpha value is -1.80. The molecular weight excluding hydrogens is 359 g/mol. The van der Waals surface area contributed by atoms with E-state index in [2.05, 4.69) is 15.6 Å². The fraction of sp³-hybridized carbons (Fsp3) is 0.632. The molecule has 0 bridgehead atoms. The van der Waals surface area contributed by atoms with Gasteiger partial charge >= 0.3 is 6.18 Å². The Balaban J connectivity index is 1.68. The molecule has 1 aromatic rings. The van der Waals surface area contributed by atoms with Crippen LogP contribution in [-0.4, -0.2) is 51.5 Å². The number of nitrogens with one attached hydrogen (secondary N) is 2. The first kappa shape index (κ1) is 21.5. The maximum absolute atomic E-state index is 12.6. The Labute approximate surface area is 158 Å². The number of guanidine groups is 1. The second-order valence-corrected chi connectivity index (χ2v) is 6.34. The van der Waals surface area contributed by atoms with Crippen LogP contribution in [0.3, 0.4) is 0 Å². The van der Waals surface area contributed by atoms with Crippen molar-refractivity contribution in [2.75, 3.05) is 39.5 Å². The summed E-state index contributed by atoms with van der Waals surface area (Å²) in [5, 5.41) is 6.36. The predicted molar refractivity (Wildman–Crippen MR) is 98.9 cm³/mol. The van der Waals surface area contributed by atoms with Gasteiger partial charge in [-0.15, -0.1) is 0 Å². The van der Waals surface area contributed by atoms with Gasteiger partial charge in [-0.2, -0.15) is 13.2 Å². The zero-order valence-corrected chi connectivity index (χ0v) is 15.6. The third-order valence-corrected chi connectivity index (χ3v) is 4.15. The molecule has 0 aliphatic carbocycles. The average molecular weight is 387 g/mol. The van der Waals surface area contributed by atoms with Gasteiger partial charge in [-0.05, 0) is 43.9 Å². The molecule has 1 saturated heterocycles. The molecule has 5 nitrogen and oxygen atoms in total. The third kappa shape index (κ3) is 8.17. The summed E-state index contributed by atoms with van der Waals surface area (Å²) >= 11 is 0. The molecule has 0 aromatic heterocycles. The summed E-state index contributed by atoms with van der Waals surface area (Å²) in [7, 11) is 0. The zero-order valence-electron chi connectivity index (χ0n) is 15.6. The summed E-state index contributed by atoms with van der Waals surface area (Å²) in [6.07, 6.45) is -1.68. The number of hydrogen-bond donors (Lipinski definition) is 2. The SMILES string of the molecule is CCNC(=NCCCOC1CCOC1)NCCc1ccc(C(F)(F)F)cc1. The van der Waals surface area contributed by atoms with Gasteiger partial charge in [0.2, 0.25) is 0 Å². The van der Waals surface area contributed by atoms with Gasteiger partial charge in [0.25, 0.3) is 0 Å². The Bertz CT molecular complexity index is 571. The molecular formula is C19H28F3N3O2. The van der Waals surface area contributed by atoms with Crippen LogP contribution in [0, 0.1) is 0 Å². The van der Waals surface area contributed by atoms with Gasteiger partial charge in [-0.25, -0.2) is 0 Å². The van der Waals surface area contributed by atoms with Crippen LogP contribution < -0.4 is 10.6 Å². The molecule has 1 aliphatic rings. The van der Waals surface area contributed by atoms with Crippen LogP contribution in [0.25, 0.3) is 0 Å². The van der Waals surface area contributed by atoms with Crippen molar-refractivity contribution in [1.29, 1.82) is 0 Å². The van der Waals surface area contributed by atoms with E-state index in [-0.39, 0.29) is 6.10 Å². The van der Waals surface area contributed by atoms with Crippen molar-refractivity contribution in [3.05, 3.63) is 35.4 Å². The molecule has 1 heterocycles. The van der Waals surface area contributed by atoms with Crippen LogP contribution in [0.15, 0.2) is 29.3 Å². The van der Waals surface area contributed by atoms with Gasteiger partial charge in [0, 0.05) is 32.8 Å². The molecule has 152 valence electrons. The van der Waals surface area contributed by atoms with E-state index in [0.29, 0.717) is 38.7 Å². The maximum Gasteiger partial charge on any atom is 0.416 e. The van der Waals surface area contributed by atoms with Crippen LogP contribution >= 0.6 is 0 Å². The van der Waals surface area contributed by atoms with E-state index in [1.807, 2.05) is 6.92 Å². The lowest BCUT2D eigenvalue weighted by atomic mass is 10.1. The van der Waals surface area contributed by atoms with Crippen LogP contribution in [0.5, 0.6) is 0 Å². The minimum atomic E-state index is -4.30. The molecule has 0 spiro atoms. The number of aliphatic imine (C=N–C) groups is 1. The first-order chi connectivity index (χ1) is 13.0. The highest BCUT2D eigenvalue weighted by atomic mass is 19.4. The summed E-state index contributed by atoms with van der Waals surface area (Å²) < 4.78 is 48.7. The Kier molecular flexibility index (Phi) is 8.87. The molecule has 1 aromatic carbocycles. The lowest BCUT2D eigenvalue weighted by Crippen LogP contribution is -2.38. The summed E-state index contributed by atoms with van der Waals surface area (Å²) in [6.45, 7) is 6.06. The van der Waals surface area contributed by atoms with Gasteiger partial charge < -0.3 is 20.1 Å². The fourth-order valence-electron chi connectivity index (χ4n) is 2.68. The number of rotatable bonds is 9. The predicted octanol–water partition coefficient (Wildman–Crippen LogP) is 3.00. The number of alkyl halides is 3. The summed E-state index contributed by atoms with van der Waals surface area (Å²) in [6, 6.07) is 5.26. The smallest absolute Gasteiger partial charge is 0.379 e.